The number of rotatable bonds is 4. The van der Waals surface area contributed by atoms with Crippen molar-refractivity contribution in [2.24, 2.45) is 0 Å². The van der Waals surface area contributed by atoms with Crippen molar-refractivity contribution in [3.05, 3.63) is 0 Å². The molecule has 0 spiro atoms. The minimum atomic E-state index is -0.0550. The van der Waals surface area contributed by atoms with Gasteiger partial charge in [0.1, 0.15) is 0 Å². The van der Waals surface area contributed by atoms with E-state index in [0.717, 1.165) is 0 Å². The van der Waals surface area contributed by atoms with Crippen molar-refractivity contribution in [1.29, 1.82) is 0 Å². The van der Waals surface area contributed by atoms with Gasteiger partial charge in [0.15, 0.2) is 0 Å². The molecule has 0 saturated heterocycles. The van der Waals surface area contributed by atoms with E-state index in [9.17, 15) is 4.79 Å². The largest absolute Gasteiger partial charge is 0.367 e. The number of nitrogens with two attached hydrogens (primary N) is 1. The Morgan fingerprint density at radius 3 is 2.86 bits per heavy atom. The molecule has 0 unspecified atom stereocenters. The molecule has 3 N–H and O–H groups in total. The van der Waals surface area contributed by atoms with Crippen molar-refractivity contribution in [3.63, 3.8) is 0 Å². The molecule has 0 atom stereocenters. The molecule has 1 heterocycles. The van der Waals surface area contributed by atoms with Crippen LogP contribution in [-0.2, 0) is 4.79 Å². The maximum atomic E-state index is 11.1. The summed E-state index contributed by atoms with van der Waals surface area (Å²) in [5.41, 5.74) is 5.40. The summed E-state index contributed by atoms with van der Waals surface area (Å²) in [5.74, 6) is 0.195. The zero-order chi connectivity index (χ0) is 10.6. The third-order valence-corrected chi connectivity index (χ3v) is 2.49. The van der Waals surface area contributed by atoms with Gasteiger partial charge in [-0.1, -0.05) is 0 Å². The summed E-state index contributed by atoms with van der Waals surface area (Å²) in [7, 11) is 1.60. The molecule has 0 fully saturated rings. The Morgan fingerprint density at radius 2 is 2.43 bits per heavy atom. The highest BCUT2D eigenvalue weighted by Gasteiger charge is 2.12. The predicted octanol–water partition coefficient (Wildman–Crippen LogP) is -0.307. The quantitative estimate of drug-likeness (QED) is 0.720. The summed E-state index contributed by atoms with van der Waals surface area (Å²) in [6.07, 6.45) is 0. The molecule has 0 saturated carbocycles. The fraction of sp³-hybridized carbons (Fsp3) is 0.571. The van der Waals surface area contributed by atoms with Gasteiger partial charge in [0.25, 0.3) is 0 Å². The van der Waals surface area contributed by atoms with Gasteiger partial charge in [0.2, 0.25) is 17.0 Å². The highest BCUT2D eigenvalue weighted by atomic mass is 32.1. The third kappa shape index (κ3) is 2.56. The number of aromatic nitrogens is 2. The van der Waals surface area contributed by atoms with Crippen LogP contribution in [0.25, 0.3) is 0 Å². The van der Waals surface area contributed by atoms with Crippen LogP contribution in [0.15, 0.2) is 0 Å². The molecule has 1 aromatic rings. The van der Waals surface area contributed by atoms with Gasteiger partial charge in [0.05, 0.1) is 6.54 Å². The molecule has 1 aromatic heterocycles. The first-order chi connectivity index (χ1) is 6.67. The molecule has 78 valence electrons. The van der Waals surface area contributed by atoms with Gasteiger partial charge in [-0.3, -0.25) is 4.79 Å². The highest BCUT2D eigenvalue weighted by molar-refractivity contribution is 7.09. The number of carbonyl (C=O) groups is 1. The smallest absolute Gasteiger partial charge is 0.239 e. The second-order valence-corrected chi connectivity index (χ2v) is 3.35. The normalized spacial score (nSPS) is 9.86. The monoisotopic (exact) mass is 215 g/mol. The van der Waals surface area contributed by atoms with Crippen molar-refractivity contribution >= 4 is 28.5 Å². The lowest BCUT2D eigenvalue weighted by Gasteiger charge is -2.17. The first kappa shape index (κ1) is 10.7. The molecule has 7 heteroatoms. The van der Waals surface area contributed by atoms with Crippen LogP contribution in [0.3, 0.4) is 0 Å². The van der Waals surface area contributed by atoms with Gasteiger partial charge in [-0.25, -0.2) is 0 Å². The van der Waals surface area contributed by atoms with E-state index in [0.29, 0.717) is 11.7 Å². The topological polar surface area (TPSA) is 84.1 Å². The van der Waals surface area contributed by atoms with Gasteiger partial charge < -0.3 is 16.0 Å². The molecular weight excluding hydrogens is 202 g/mol. The standard InChI is InChI=1S/C7H13N5OS/c1-3-12(4-5(13)9-2)7-10-6(8)11-14-7/h3-4H2,1-2H3,(H2,8,11)(H,9,13). The second kappa shape index (κ2) is 4.75. The number of hydrogen-bond acceptors (Lipinski definition) is 6. The average Bonchev–Trinajstić information content (AvgIpc) is 2.60. The van der Waals surface area contributed by atoms with E-state index < -0.39 is 0 Å². The number of anilines is 2. The minimum Gasteiger partial charge on any atom is -0.367 e. The summed E-state index contributed by atoms with van der Waals surface area (Å²) in [4.78, 5) is 16.9. The van der Waals surface area contributed by atoms with E-state index in [1.165, 1.54) is 11.5 Å². The summed E-state index contributed by atoms with van der Waals surface area (Å²) in [6, 6.07) is 0. The molecule has 1 rings (SSSR count). The van der Waals surface area contributed by atoms with E-state index in [-0.39, 0.29) is 18.4 Å². The molecule has 1 amide bonds. The number of nitrogen functional groups attached to an aromatic ring is 1. The molecule has 0 aliphatic heterocycles. The SMILES string of the molecule is CCN(CC(=O)NC)c1nc(N)ns1. The molecule has 0 aliphatic rings. The van der Waals surface area contributed by atoms with Crippen molar-refractivity contribution in [1.82, 2.24) is 14.7 Å². The molecule has 0 aliphatic carbocycles. The zero-order valence-electron chi connectivity index (χ0n) is 8.15. The molecular formula is C7H13N5OS. The fourth-order valence-electron chi connectivity index (χ4n) is 0.922. The first-order valence-electron chi connectivity index (χ1n) is 4.22. The lowest BCUT2D eigenvalue weighted by Crippen LogP contribution is -2.35. The van der Waals surface area contributed by atoms with Gasteiger partial charge in [-0.05, 0) is 6.92 Å². The number of nitrogens with zero attached hydrogens (tertiary/aromatic N) is 3. The molecule has 14 heavy (non-hydrogen) atoms. The number of carbonyl (C=O) groups excluding carboxylic acids is 1. The van der Waals surface area contributed by atoms with Crippen molar-refractivity contribution < 1.29 is 4.79 Å². The Bertz CT molecular complexity index is 313. The third-order valence-electron chi connectivity index (χ3n) is 1.70. The van der Waals surface area contributed by atoms with Crippen molar-refractivity contribution in [2.45, 2.75) is 6.92 Å². The maximum Gasteiger partial charge on any atom is 0.239 e. The Labute approximate surface area is 86.3 Å². The van der Waals surface area contributed by atoms with Crippen LogP contribution < -0.4 is 16.0 Å². The summed E-state index contributed by atoms with van der Waals surface area (Å²) >= 11 is 1.19. The first-order valence-corrected chi connectivity index (χ1v) is 4.99. The van der Waals surface area contributed by atoms with Crippen LogP contribution in [0.5, 0.6) is 0 Å². The molecule has 0 aromatic carbocycles. The van der Waals surface area contributed by atoms with Crippen LogP contribution in [0.4, 0.5) is 11.1 Å². The van der Waals surface area contributed by atoms with E-state index in [2.05, 4.69) is 14.7 Å². The molecule has 6 nitrogen and oxygen atoms in total. The summed E-state index contributed by atoms with van der Waals surface area (Å²) < 4.78 is 3.85. The summed E-state index contributed by atoms with van der Waals surface area (Å²) in [6.45, 7) is 2.92. The highest BCUT2D eigenvalue weighted by Crippen LogP contribution is 2.17. The van der Waals surface area contributed by atoms with Crippen LogP contribution in [0.2, 0.25) is 0 Å². The summed E-state index contributed by atoms with van der Waals surface area (Å²) in [5, 5.41) is 3.23. The zero-order valence-corrected chi connectivity index (χ0v) is 8.97. The van der Waals surface area contributed by atoms with E-state index in [4.69, 9.17) is 5.73 Å². The maximum absolute atomic E-state index is 11.1. The Morgan fingerprint density at radius 1 is 1.71 bits per heavy atom. The van der Waals surface area contributed by atoms with Gasteiger partial charge in [0, 0.05) is 25.1 Å². The predicted molar refractivity (Wildman–Crippen MR) is 56.3 cm³/mol. The number of likely N-dealkylation sites (N-methyl/N-ethyl adjacent to an activating group) is 2. The lowest BCUT2D eigenvalue weighted by atomic mass is 10.5. The van der Waals surface area contributed by atoms with Crippen LogP contribution in [0.1, 0.15) is 6.92 Å². The van der Waals surface area contributed by atoms with Crippen LogP contribution in [-0.4, -0.2) is 35.4 Å². The number of hydrogen-bond donors (Lipinski definition) is 2. The molecule has 0 bridgehead atoms. The van der Waals surface area contributed by atoms with Crippen LogP contribution >= 0.6 is 11.5 Å². The number of amides is 1. The Hall–Kier alpha value is -1.37. The Balaban J connectivity index is 2.67. The van der Waals surface area contributed by atoms with E-state index in [1.807, 2.05) is 11.8 Å². The van der Waals surface area contributed by atoms with Gasteiger partial charge >= 0.3 is 0 Å². The van der Waals surface area contributed by atoms with Gasteiger partial charge in [-0.2, -0.15) is 9.36 Å². The minimum absolute atomic E-state index is 0.0550. The van der Waals surface area contributed by atoms with E-state index >= 15 is 0 Å². The van der Waals surface area contributed by atoms with Crippen molar-refractivity contribution in [3.8, 4) is 0 Å². The Kier molecular flexibility index (Phi) is 3.63. The van der Waals surface area contributed by atoms with Gasteiger partial charge in [-0.15, -0.1) is 0 Å². The van der Waals surface area contributed by atoms with Crippen molar-refractivity contribution in [2.75, 3.05) is 30.8 Å². The number of nitrogens with one attached hydrogen (secondary N) is 1. The van der Waals surface area contributed by atoms with Crippen LogP contribution in [0, 0.1) is 0 Å². The second-order valence-electron chi connectivity index (χ2n) is 2.62. The lowest BCUT2D eigenvalue weighted by molar-refractivity contribution is -0.119. The fourth-order valence-corrected chi connectivity index (χ4v) is 1.58. The average molecular weight is 215 g/mol. The molecule has 0 radical (unpaired) electrons. The van der Waals surface area contributed by atoms with E-state index in [1.54, 1.807) is 7.05 Å².